The lowest BCUT2D eigenvalue weighted by Crippen LogP contribution is -2.51. The number of aliphatic hydroxyl groups excluding tert-OH is 1. The molecule has 170 valence electrons. The molecular formula is C25H29FN2O4. The molecule has 1 amide bonds. The van der Waals surface area contributed by atoms with E-state index in [0.717, 1.165) is 44.3 Å². The largest absolute Gasteiger partial charge is 0.465 e. The quantitative estimate of drug-likeness (QED) is 0.649. The van der Waals surface area contributed by atoms with Crippen molar-refractivity contribution in [2.75, 3.05) is 19.6 Å². The Morgan fingerprint density at radius 2 is 2.09 bits per heavy atom. The van der Waals surface area contributed by atoms with Gasteiger partial charge in [-0.15, -0.1) is 0 Å². The molecule has 1 saturated heterocycles. The molecule has 2 N–H and O–H groups in total. The van der Waals surface area contributed by atoms with Crippen LogP contribution in [-0.2, 0) is 20.7 Å². The predicted molar refractivity (Wildman–Crippen MR) is 119 cm³/mol. The molecule has 1 aliphatic carbocycles. The highest BCUT2D eigenvalue weighted by Gasteiger charge is 2.31. The van der Waals surface area contributed by atoms with Crippen molar-refractivity contribution >= 4 is 5.91 Å². The first-order valence-corrected chi connectivity index (χ1v) is 11.1. The number of amides is 1. The first-order chi connectivity index (χ1) is 15.6. The zero-order chi connectivity index (χ0) is 22.3. The van der Waals surface area contributed by atoms with E-state index in [4.69, 9.17) is 9.47 Å². The normalized spacial score (nSPS) is 20.4. The van der Waals surface area contributed by atoms with E-state index in [2.05, 4.69) is 16.3 Å². The maximum atomic E-state index is 13.5. The molecule has 0 unspecified atom stereocenters. The highest BCUT2D eigenvalue weighted by molar-refractivity contribution is 5.79. The minimum Gasteiger partial charge on any atom is -0.465 e. The second-order valence-electron chi connectivity index (χ2n) is 8.33. The van der Waals surface area contributed by atoms with Crippen molar-refractivity contribution < 1.29 is 23.8 Å². The number of hydrogen-bond acceptors (Lipinski definition) is 5. The van der Waals surface area contributed by atoms with E-state index in [-0.39, 0.29) is 23.9 Å². The van der Waals surface area contributed by atoms with Gasteiger partial charge in [0.2, 0.25) is 5.91 Å². The molecular weight excluding hydrogens is 411 g/mol. The fraction of sp³-hybridized carbons (Fsp3) is 0.400. The van der Waals surface area contributed by atoms with Crippen molar-refractivity contribution in [3.8, 4) is 0 Å². The lowest BCUT2D eigenvalue weighted by molar-refractivity contribution is -0.122. The summed E-state index contributed by atoms with van der Waals surface area (Å²) in [7, 11) is 0. The predicted octanol–water partition coefficient (Wildman–Crippen LogP) is 3.32. The van der Waals surface area contributed by atoms with Gasteiger partial charge in [-0.05, 0) is 62.0 Å². The number of rotatable bonds is 8. The number of nitrogens with one attached hydrogen (secondary N) is 1. The van der Waals surface area contributed by atoms with E-state index >= 15 is 0 Å². The summed E-state index contributed by atoms with van der Waals surface area (Å²) in [6.07, 6.45) is 11.8. The molecule has 2 heterocycles. The number of likely N-dealkylation sites (tertiary alicyclic amines) is 1. The molecule has 0 radical (unpaired) electrons. The summed E-state index contributed by atoms with van der Waals surface area (Å²) < 4.78 is 24.9. The highest BCUT2D eigenvalue weighted by Crippen LogP contribution is 2.28. The van der Waals surface area contributed by atoms with Crippen LogP contribution in [0.15, 0.2) is 72.1 Å². The topological polar surface area (TPSA) is 71.0 Å². The molecule has 1 aromatic rings. The van der Waals surface area contributed by atoms with Gasteiger partial charge >= 0.3 is 0 Å². The summed E-state index contributed by atoms with van der Waals surface area (Å²) in [5.41, 5.74) is 1.58. The fourth-order valence-electron chi connectivity index (χ4n) is 4.17. The van der Waals surface area contributed by atoms with E-state index in [1.165, 1.54) is 24.7 Å². The van der Waals surface area contributed by atoms with Gasteiger partial charge in [0.25, 0.3) is 0 Å². The van der Waals surface area contributed by atoms with E-state index in [9.17, 15) is 14.3 Å². The van der Waals surface area contributed by atoms with E-state index < -0.39 is 12.1 Å². The van der Waals surface area contributed by atoms with Crippen LogP contribution in [0.4, 0.5) is 4.39 Å². The summed E-state index contributed by atoms with van der Waals surface area (Å²) in [6.45, 7) is 2.33. The SMILES string of the molecule is O=C(Cc1cccc(F)c1)N[C@H](CN1CCCC1)[C@@H](O)C1=COC=C(C2=CC=CCC2)O1. The van der Waals surface area contributed by atoms with Crippen molar-refractivity contribution in [2.24, 2.45) is 0 Å². The lowest BCUT2D eigenvalue weighted by atomic mass is 10.0. The van der Waals surface area contributed by atoms with Gasteiger partial charge in [-0.25, -0.2) is 4.39 Å². The summed E-state index contributed by atoms with van der Waals surface area (Å²) in [6, 6.07) is 5.38. The molecule has 6 nitrogen and oxygen atoms in total. The van der Waals surface area contributed by atoms with Crippen LogP contribution >= 0.6 is 0 Å². The van der Waals surface area contributed by atoms with Crippen molar-refractivity contribution in [1.29, 1.82) is 0 Å². The van der Waals surface area contributed by atoms with E-state index in [0.29, 0.717) is 17.9 Å². The minimum absolute atomic E-state index is 0.0295. The molecule has 4 rings (SSSR count). The third-order valence-corrected chi connectivity index (χ3v) is 5.84. The minimum atomic E-state index is -1.09. The molecule has 3 aliphatic rings. The Hall–Kier alpha value is -2.90. The summed E-state index contributed by atoms with van der Waals surface area (Å²) in [5, 5.41) is 14.1. The molecule has 2 atom stereocenters. The van der Waals surface area contributed by atoms with E-state index in [1.54, 1.807) is 12.1 Å². The number of ether oxygens (including phenoxy) is 2. The van der Waals surface area contributed by atoms with Crippen LogP contribution in [0, 0.1) is 5.82 Å². The van der Waals surface area contributed by atoms with Crippen molar-refractivity contribution in [2.45, 2.75) is 44.2 Å². The van der Waals surface area contributed by atoms with Crippen LogP contribution in [-0.4, -0.2) is 47.7 Å². The number of hydrogen-bond donors (Lipinski definition) is 2. The lowest BCUT2D eigenvalue weighted by Gasteiger charge is -2.30. The van der Waals surface area contributed by atoms with Gasteiger partial charge < -0.3 is 24.8 Å². The van der Waals surface area contributed by atoms with Crippen molar-refractivity contribution in [3.63, 3.8) is 0 Å². The zero-order valence-corrected chi connectivity index (χ0v) is 18.0. The van der Waals surface area contributed by atoms with Crippen LogP contribution in [0.1, 0.15) is 31.2 Å². The number of carbonyl (C=O) groups excluding carboxylic acids is 1. The Morgan fingerprint density at radius 3 is 2.84 bits per heavy atom. The number of nitrogens with zero attached hydrogens (tertiary/aromatic N) is 1. The highest BCUT2D eigenvalue weighted by atomic mass is 19.1. The Bertz CT molecular complexity index is 947. The second kappa shape index (κ2) is 10.6. The fourth-order valence-corrected chi connectivity index (χ4v) is 4.17. The summed E-state index contributed by atoms with van der Waals surface area (Å²) in [4.78, 5) is 14.9. The summed E-state index contributed by atoms with van der Waals surface area (Å²) in [5.74, 6) is 0.158. The smallest absolute Gasteiger partial charge is 0.224 e. The van der Waals surface area contributed by atoms with Gasteiger partial charge in [0.15, 0.2) is 11.5 Å². The maximum Gasteiger partial charge on any atom is 0.224 e. The van der Waals surface area contributed by atoms with Gasteiger partial charge in [0.1, 0.15) is 24.4 Å². The van der Waals surface area contributed by atoms with E-state index in [1.807, 2.05) is 12.2 Å². The van der Waals surface area contributed by atoms with Gasteiger partial charge in [0, 0.05) is 6.54 Å². The molecule has 0 spiro atoms. The average molecular weight is 441 g/mol. The Balaban J connectivity index is 1.44. The van der Waals surface area contributed by atoms with Gasteiger partial charge in [-0.2, -0.15) is 0 Å². The second-order valence-corrected chi connectivity index (χ2v) is 8.33. The van der Waals surface area contributed by atoms with Crippen LogP contribution in [0.2, 0.25) is 0 Å². The van der Waals surface area contributed by atoms with Crippen molar-refractivity contribution in [3.05, 3.63) is 83.5 Å². The molecule has 1 aromatic carbocycles. The molecule has 32 heavy (non-hydrogen) atoms. The molecule has 1 fully saturated rings. The van der Waals surface area contributed by atoms with Gasteiger partial charge in [-0.1, -0.05) is 30.4 Å². The number of allylic oxidation sites excluding steroid dienone is 4. The Kier molecular flexibility index (Phi) is 7.39. The van der Waals surface area contributed by atoms with Crippen LogP contribution in [0.5, 0.6) is 0 Å². The molecule has 2 aliphatic heterocycles. The maximum absolute atomic E-state index is 13.5. The number of carbonyl (C=O) groups is 1. The number of aliphatic hydroxyl groups is 1. The average Bonchev–Trinajstić information content (AvgIpc) is 3.32. The van der Waals surface area contributed by atoms with Crippen LogP contribution < -0.4 is 5.32 Å². The van der Waals surface area contributed by atoms with Crippen LogP contribution in [0.3, 0.4) is 0 Å². The molecule has 0 aromatic heterocycles. The zero-order valence-electron chi connectivity index (χ0n) is 18.0. The molecule has 0 bridgehead atoms. The monoisotopic (exact) mass is 440 g/mol. The number of halogens is 1. The standard InChI is InChI=1S/C25H29FN2O4/c26-20-10-6-7-18(13-20)14-24(29)27-21(15-28-11-4-5-12-28)25(30)23-17-31-16-22(32-23)19-8-2-1-3-9-19/h1-2,6-8,10,13,16-17,21,25,30H,3-5,9,11-12,14-15H2,(H,27,29)/t21-,25-/m1/s1. The molecule has 7 heteroatoms. The van der Waals surface area contributed by atoms with Gasteiger partial charge in [0.05, 0.1) is 12.5 Å². The third-order valence-electron chi connectivity index (χ3n) is 5.84. The van der Waals surface area contributed by atoms with Crippen molar-refractivity contribution in [1.82, 2.24) is 10.2 Å². The van der Waals surface area contributed by atoms with Crippen LogP contribution in [0.25, 0.3) is 0 Å². The Labute approximate surface area is 187 Å². The third kappa shape index (κ3) is 5.87. The number of benzene rings is 1. The van der Waals surface area contributed by atoms with Gasteiger partial charge in [-0.3, -0.25) is 4.79 Å². The first kappa shape index (κ1) is 22.3. The summed E-state index contributed by atoms with van der Waals surface area (Å²) >= 11 is 0. The Morgan fingerprint density at radius 1 is 1.25 bits per heavy atom. The molecule has 0 saturated carbocycles. The first-order valence-electron chi connectivity index (χ1n) is 11.1.